The van der Waals surface area contributed by atoms with Gasteiger partial charge in [-0.25, -0.2) is 0 Å². The van der Waals surface area contributed by atoms with E-state index in [4.69, 9.17) is 6.58 Å². The van der Waals surface area contributed by atoms with Crippen molar-refractivity contribution >= 4 is 29.1 Å². The summed E-state index contributed by atoms with van der Waals surface area (Å²) in [5.74, 6) is 0. The molecule has 1 heteroatoms. The van der Waals surface area contributed by atoms with Gasteiger partial charge in [-0.3, -0.25) is 0 Å². The van der Waals surface area contributed by atoms with Gasteiger partial charge in [0.15, 0.2) is 0 Å². The van der Waals surface area contributed by atoms with Crippen LogP contribution in [-0.4, -0.2) is 18.4 Å². The second-order valence-corrected chi connectivity index (χ2v) is 19.9. The first kappa shape index (κ1) is 23.9. The Morgan fingerprint density at radius 3 is 1.29 bits per heavy atom. The fourth-order valence-electron chi connectivity index (χ4n) is 4.84. The van der Waals surface area contributed by atoms with Crippen molar-refractivity contribution in [3.8, 4) is 0 Å². The van der Waals surface area contributed by atoms with Gasteiger partial charge in [-0.15, -0.1) is 0 Å². The van der Waals surface area contributed by atoms with Crippen molar-refractivity contribution in [1.29, 1.82) is 0 Å². The number of hydrogen-bond acceptors (Lipinski definition) is 0. The molecule has 3 aromatic carbocycles. The molecule has 0 saturated heterocycles. The van der Waals surface area contributed by atoms with Crippen molar-refractivity contribution in [3.63, 3.8) is 0 Å². The molecule has 0 heterocycles. The first-order valence-corrected chi connectivity index (χ1v) is 17.9. The molecule has 0 aliphatic carbocycles. The zero-order valence-corrected chi connectivity index (χ0v) is 22.1. The first-order chi connectivity index (χ1) is 15.3. The minimum atomic E-state index is -3.33. The summed E-state index contributed by atoms with van der Waals surface area (Å²) in [5, 5.41) is 0. The van der Waals surface area contributed by atoms with Gasteiger partial charge in [-0.2, -0.15) is 0 Å². The van der Waals surface area contributed by atoms with Gasteiger partial charge in [0.1, 0.15) is 0 Å². The topological polar surface area (TPSA) is 0 Å². The third kappa shape index (κ3) is 6.13. The van der Waals surface area contributed by atoms with Crippen LogP contribution in [0.1, 0.15) is 64.7 Å². The summed E-state index contributed by atoms with van der Waals surface area (Å²) in [5.41, 5.74) is 0. The summed E-state index contributed by atoms with van der Waals surface area (Å²) in [6, 6.07) is 33.8. The molecule has 0 radical (unpaired) electrons. The third-order valence-electron chi connectivity index (χ3n) is 6.48. The molecule has 0 bridgehead atoms. The summed E-state index contributed by atoms with van der Waals surface area (Å²) in [7, 11) is 0. The van der Waals surface area contributed by atoms with Gasteiger partial charge >= 0.3 is 195 Å². The van der Waals surface area contributed by atoms with E-state index in [0.717, 1.165) is 6.42 Å². The molecule has 3 aromatic rings. The van der Waals surface area contributed by atoms with Crippen molar-refractivity contribution < 1.29 is 0 Å². The van der Waals surface area contributed by atoms with Gasteiger partial charge in [0.25, 0.3) is 0 Å². The molecule has 0 fully saturated rings. The molecule has 0 aromatic heterocycles. The van der Waals surface area contributed by atoms with Crippen molar-refractivity contribution in [2.75, 3.05) is 0 Å². The summed E-state index contributed by atoms with van der Waals surface area (Å²) in [4.78, 5) is 0. The fraction of sp³-hybridized carbons (Fsp3) is 0.333. The van der Waals surface area contributed by atoms with E-state index in [-0.39, 0.29) is 0 Å². The van der Waals surface area contributed by atoms with Crippen molar-refractivity contribution in [3.05, 3.63) is 101 Å². The Hall–Kier alpha value is -1.80. The summed E-state index contributed by atoms with van der Waals surface area (Å²) < 4.78 is 6.04. The van der Waals surface area contributed by atoms with Crippen LogP contribution >= 0.6 is 0 Å². The zero-order valence-electron chi connectivity index (χ0n) is 19.2. The number of benzene rings is 3. The molecular formula is C30H38Sn. The summed E-state index contributed by atoms with van der Waals surface area (Å²) in [6.07, 6.45) is 12.0. The van der Waals surface area contributed by atoms with Gasteiger partial charge in [0.05, 0.1) is 0 Å². The molecule has 31 heavy (non-hydrogen) atoms. The van der Waals surface area contributed by atoms with Crippen molar-refractivity contribution in [1.82, 2.24) is 0 Å². The van der Waals surface area contributed by atoms with Crippen LogP contribution in [0, 0.1) is 0 Å². The molecule has 162 valence electrons. The molecule has 0 spiro atoms. The summed E-state index contributed by atoms with van der Waals surface area (Å²) in [6.45, 7) is 7.10. The number of allylic oxidation sites excluding steroid dienone is 1. The van der Waals surface area contributed by atoms with Crippen molar-refractivity contribution in [2.45, 2.75) is 64.7 Å². The van der Waals surface area contributed by atoms with Crippen LogP contribution in [0.4, 0.5) is 0 Å². The molecule has 0 nitrogen and oxygen atoms in total. The molecule has 0 atom stereocenters. The van der Waals surface area contributed by atoms with Crippen molar-refractivity contribution in [2.24, 2.45) is 0 Å². The predicted octanol–water partition coefficient (Wildman–Crippen LogP) is 6.78. The minimum absolute atomic E-state index is 1.14. The maximum absolute atomic E-state index is 4.81. The zero-order chi connectivity index (χ0) is 21.8. The molecule has 0 saturated carbocycles. The van der Waals surface area contributed by atoms with Gasteiger partial charge in [-0.1, -0.05) is 0 Å². The summed E-state index contributed by atoms with van der Waals surface area (Å²) >= 11 is -3.33. The Morgan fingerprint density at radius 1 is 0.548 bits per heavy atom. The van der Waals surface area contributed by atoms with Crippen LogP contribution < -0.4 is 10.7 Å². The van der Waals surface area contributed by atoms with Crippen LogP contribution in [0.25, 0.3) is 0 Å². The molecule has 0 aliphatic heterocycles. The van der Waals surface area contributed by atoms with Crippen LogP contribution in [-0.2, 0) is 0 Å². The first-order valence-electron chi connectivity index (χ1n) is 12.1. The van der Waals surface area contributed by atoms with E-state index in [9.17, 15) is 0 Å². The van der Waals surface area contributed by atoms with Gasteiger partial charge in [0.2, 0.25) is 0 Å². The second kappa shape index (κ2) is 12.9. The van der Waals surface area contributed by atoms with E-state index >= 15 is 0 Å². The van der Waals surface area contributed by atoms with E-state index in [1.54, 1.807) is 0 Å². The maximum atomic E-state index is 4.81. The standard InChI is InChI=1S/C12H23.3C6H5.Sn/c1-3-5-7-9-11-12-10-8-6-4-2;3*1-2-4-6-5-3-1;/h1,4-12H2,2H3;3*1-5H;. The Kier molecular flexibility index (Phi) is 9.93. The average molecular weight is 517 g/mol. The molecule has 0 amide bonds. The Labute approximate surface area is 194 Å². The second-order valence-electron chi connectivity index (χ2n) is 8.68. The van der Waals surface area contributed by atoms with Gasteiger partial charge < -0.3 is 0 Å². The van der Waals surface area contributed by atoms with Crippen LogP contribution in [0.2, 0.25) is 0 Å². The van der Waals surface area contributed by atoms with Crippen LogP contribution in [0.5, 0.6) is 0 Å². The van der Waals surface area contributed by atoms with E-state index in [0.29, 0.717) is 0 Å². The van der Waals surface area contributed by atoms with Gasteiger partial charge in [-0.05, 0) is 0 Å². The van der Waals surface area contributed by atoms with E-state index in [1.807, 2.05) is 0 Å². The molecule has 0 aliphatic rings. The van der Waals surface area contributed by atoms with E-state index < -0.39 is 18.4 Å². The number of hydrogen-bond donors (Lipinski definition) is 0. The van der Waals surface area contributed by atoms with Crippen LogP contribution in [0.3, 0.4) is 0 Å². The molecular weight excluding hydrogens is 479 g/mol. The Morgan fingerprint density at radius 2 is 0.903 bits per heavy atom. The molecule has 3 rings (SSSR count). The predicted molar refractivity (Wildman–Crippen MR) is 140 cm³/mol. The number of rotatable bonds is 13. The quantitative estimate of drug-likeness (QED) is 0.173. The SMILES string of the molecule is C=[C](CCCCCCCCCC)[Sn]([c]1ccccc1)([c]1ccccc1)[c]1ccccc1. The average Bonchev–Trinajstić information content (AvgIpc) is 2.83. The Balaban J connectivity index is 1.85. The number of unbranched alkanes of at least 4 members (excludes halogenated alkanes) is 7. The fourth-order valence-corrected chi connectivity index (χ4v) is 18.7. The van der Waals surface area contributed by atoms with E-state index in [1.165, 1.54) is 65.7 Å². The molecule has 0 unspecified atom stereocenters. The van der Waals surface area contributed by atoms with E-state index in [2.05, 4.69) is 97.9 Å². The van der Waals surface area contributed by atoms with Gasteiger partial charge in [0, 0.05) is 0 Å². The molecule has 0 N–H and O–H groups in total. The van der Waals surface area contributed by atoms with Crippen LogP contribution in [0.15, 0.2) is 101 Å². The monoisotopic (exact) mass is 518 g/mol. The third-order valence-corrected chi connectivity index (χ3v) is 20.5. The normalized spacial score (nSPS) is 11.4. The Bertz CT molecular complexity index is 787.